The van der Waals surface area contributed by atoms with Gasteiger partial charge in [-0.3, -0.25) is 9.59 Å². The number of carbonyl (C=O) groups excluding carboxylic acids is 2. The number of anilines is 1. The van der Waals surface area contributed by atoms with Crippen LogP contribution in [-0.4, -0.2) is 24.4 Å². The summed E-state index contributed by atoms with van der Waals surface area (Å²) in [5.74, 6) is 0.207. The van der Waals surface area contributed by atoms with Gasteiger partial charge in [0.15, 0.2) is 0 Å². The SMILES string of the molecule is C[C@@H]1CCCC[C@@H]1NC(=O)[C@H]1CC(=O)N(c2ccccc2Cl)C1. The van der Waals surface area contributed by atoms with E-state index in [1.807, 2.05) is 18.2 Å². The third kappa shape index (κ3) is 3.52. The smallest absolute Gasteiger partial charge is 0.227 e. The molecule has 1 aliphatic heterocycles. The maximum absolute atomic E-state index is 12.5. The van der Waals surface area contributed by atoms with Gasteiger partial charge < -0.3 is 10.2 Å². The third-order valence-corrected chi connectivity index (χ3v) is 5.40. The standard InChI is InChI=1S/C18H23ClN2O2/c1-12-6-2-4-8-15(12)20-18(23)13-10-17(22)21(11-13)16-9-5-3-7-14(16)19/h3,5,7,9,12-13,15H,2,4,6,8,10-11H2,1H3,(H,20,23)/t12-,13+,15+/m1/s1. The van der Waals surface area contributed by atoms with Gasteiger partial charge in [0.1, 0.15) is 0 Å². The Morgan fingerprint density at radius 3 is 2.74 bits per heavy atom. The Morgan fingerprint density at radius 1 is 1.26 bits per heavy atom. The van der Waals surface area contributed by atoms with Crippen LogP contribution in [0.25, 0.3) is 0 Å². The lowest BCUT2D eigenvalue weighted by atomic mass is 9.85. The van der Waals surface area contributed by atoms with Gasteiger partial charge in [0.2, 0.25) is 11.8 Å². The molecule has 3 rings (SSSR count). The van der Waals surface area contributed by atoms with Gasteiger partial charge >= 0.3 is 0 Å². The number of halogens is 1. The fourth-order valence-electron chi connectivity index (χ4n) is 3.62. The monoisotopic (exact) mass is 334 g/mol. The van der Waals surface area contributed by atoms with E-state index in [0.717, 1.165) is 6.42 Å². The molecule has 124 valence electrons. The van der Waals surface area contributed by atoms with Crippen molar-refractivity contribution in [3.63, 3.8) is 0 Å². The first-order chi connectivity index (χ1) is 11.1. The zero-order valence-corrected chi connectivity index (χ0v) is 14.2. The first-order valence-corrected chi connectivity index (χ1v) is 8.79. The lowest BCUT2D eigenvalue weighted by Gasteiger charge is -2.30. The first-order valence-electron chi connectivity index (χ1n) is 8.41. The van der Waals surface area contributed by atoms with Crippen molar-refractivity contribution >= 4 is 29.1 Å². The summed E-state index contributed by atoms with van der Waals surface area (Å²) in [4.78, 5) is 26.5. The minimum atomic E-state index is -0.284. The van der Waals surface area contributed by atoms with E-state index in [1.54, 1.807) is 11.0 Å². The first kappa shape index (κ1) is 16.3. The number of carbonyl (C=O) groups is 2. The van der Waals surface area contributed by atoms with E-state index in [2.05, 4.69) is 12.2 Å². The topological polar surface area (TPSA) is 49.4 Å². The lowest BCUT2D eigenvalue weighted by molar-refractivity contribution is -0.127. The molecule has 4 nitrogen and oxygen atoms in total. The summed E-state index contributed by atoms with van der Waals surface area (Å²) in [6, 6.07) is 7.53. The molecule has 1 saturated heterocycles. The summed E-state index contributed by atoms with van der Waals surface area (Å²) in [5, 5.41) is 3.71. The van der Waals surface area contributed by atoms with Gasteiger partial charge in [0.05, 0.1) is 16.6 Å². The molecule has 1 aliphatic carbocycles. The van der Waals surface area contributed by atoms with Gasteiger partial charge in [0.25, 0.3) is 0 Å². The molecule has 0 spiro atoms. The van der Waals surface area contributed by atoms with Crippen molar-refractivity contribution in [2.24, 2.45) is 11.8 Å². The van der Waals surface area contributed by atoms with Crippen LogP contribution in [0.2, 0.25) is 5.02 Å². The summed E-state index contributed by atoms with van der Waals surface area (Å²) in [7, 11) is 0. The van der Waals surface area contributed by atoms with Crippen molar-refractivity contribution in [1.29, 1.82) is 0 Å². The molecular formula is C18H23ClN2O2. The van der Waals surface area contributed by atoms with Crippen molar-refractivity contribution < 1.29 is 9.59 Å². The highest BCUT2D eigenvalue weighted by molar-refractivity contribution is 6.33. The van der Waals surface area contributed by atoms with Gasteiger partial charge in [-0.2, -0.15) is 0 Å². The quantitative estimate of drug-likeness (QED) is 0.921. The fraction of sp³-hybridized carbons (Fsp3) is 0.556. The Balaban J connectivity index is 1.65. The fourth-order valence-corrected chi connectivity index (χ4v) is 3.86. The van der Waals surface area contributed by atoms with Crippen LogP contribution >= 0.6 is 11.6 Å². The number of benzene rings is 1. The number of amides is 2. The molecule has 5 heteroatoms. The Kier molecular flexibility index (Phi) is 4.90. The number of para-hydroxylation sites is 1. The molecule has 23 heavy (non-hydrogen) atoms. The van der Waals surface area contributed by atoms with E-state index >= 15 is 0 Å². The molecule has 2 aliphatic rings. The maximum Gasteiger partial charge on any atom is 0.227 e. The second-order valence-electron chi connectivity index (χ2n) is 6.73. The molecule has 0 radical (unpaired) electrons. The molecule has 1 N–H and O–H groups in total. The van der Waals surface area contributed by atoms with Crippen LogP contribution in [-0.2, 0) is 9.59 Å². The van der Waals surface area contributed by atoms with Gasteiger partial charge in [0, 0.05) is 19.0 Å². The van der Waals surface area contributed by atoms with E-state index in [0.29, 0.717) is 23.2 Å². The van der Waals surface area contributed by atoms with Crippen LogP contribution < -0.4 is 10.2 Å². The molecule has 0 bridgehead atoms. The van der Waals surface area contributed by atoms with E-state index < -0.39 is 0 Å². The molecule has 2 fully saturated rings. The summed E-state index contributed by atoms with van der Waals surface area (Å²) < 4.78 is 0. The number of hydrogen-bond donors (Lipinski definition) is 1. The van der Waals surface area contributed by atoms with Gasteiger partial charge in [-0.1, -0.05) is 43.5 Å². The van der Waals surface area contributed by atoms with Gasteiger partial charge in [-0.05, 0) is 30.9 Å². The van der Waals surface area contributed by atoms with Gasteiger partial charge in [-0.15, -0.1) is 0 Å². The number of rotatable bonds is 3. The molecule has 2 amide bonds. The molecule has 0 aromatic heterocycles. The molecule has 1 saturated carbocycles. The lowest BCUT2D eigenvalue weighted by Crippen LogP contribution is -2.44. The van der Waals surface area contributed by atoms with E-state index in [-0.39, 0.29) is 30.2 Å². The Labute approximate surface area is 142 Å². The van der Waals surface area contributed by atoms with E-state index in [4.69, 9.17) is 11.6 Å². The average Bonchev–Trinajstić information content (AvgIpc) is 2.92. The predicted octanol–water partition coefficient (Wildman–Crippen LogP) is 3.39. The normalized spacial score (nSPS) is 28.0. The van der Waals surface area contributed by atoms with Crippen LogP contribution in [0.1, 0.15) is 39.0 Å². The molecule has 3 atom stereocenters. The molecular weight excluding hydrogens is 312 g/mol. The van der Waals surface area contributed by atoms with Crippen molar-refractivity contribution in [2.45, 2.75) is 45.1 Å². The van der Waals surface area contributed by atoms with E-state index in [9.17, 15) is 9.59 Å². The Morgan fingerprint density at radius 2 is 2.00 bits per heavy atom. The number of hydrogen-bond acceptors (Lipinski definition) is 2. The molecule has 1 heterocycles. The zero-order valence-electron chi connectivity index (χ0n) is 13.4. The Hall–Kier alpha value is -1.55. The van der Waals surface area contributed by atoms with Crippen molar-refractivity contribution in [3.8, 4) is 0 Å². The zero-order chi connectivity index (χ0) is 16.4. The van der Waals surface area contributed by atoms with Crippen LogP contribution in [0, 0.1) is 11.8 Å². The largest absolute Gasteiger partial charge is 0.353 e. The molecule has 1 aromatic carbocycles. The van der Waals surface area contributed by atoms with Crippen molar-refractivity contribution in [2.75, 3.05) is 11.4 Å². The highest BCUT2D eigenvalue weighted by Crippen LogP contribution is 2.31. The predicted molar refractivity (Wildman–Crippen MR) is 91.5 cm³/mol. The van der Waals surface area contributed by atoms with Crippen LogP contribution in [0.5, 0.6) is 0 Å². The Bertz CT molecular complexity index is 604. The van der Waals surface area contributed by atoms with Crippen molar-refractivity contribution in [3.05, 3.63) is 29.3 Å². The number of nitrogens with zero attached hydrogens (tertiary/aromatic N) is 1. The minimum absolute atomic E-state index is 0.00616. The number of nitrogens with one attached hydrogen (secondary N) is 1. The van der Waals surface area contributed by atoms with Crippen LogP contribution in [0.4, 0.5) is 5.69 Å². The second kappa shape index (κ2) is 6.91. The summed E-state index contributed by atoms with van der Waals surface area (Å²) in [5.41, 5.74) is 0.695. The van der Waals surface area contributed by atoms with Crippen LogP contribution in [0.3, 0.4) is 0 Å². The minimum Gasteiger partial charge on any atom is -0.353 e. The highest BCUT2D eigenvalue weighted by atomic mass is 35.5. The molecule has 1 aromatic rings. The van der Waals surface area contributed by atoms with Crippen LogP contribution in [0.15, 0.2) is 24.3 Å². The van der Waals surface area contributed by atoms with Crippen molar-refractivity contribution in [1.82, 2.24) is 5.32 Å². The van der Waals surface area contributed by atoms with E-state index in [1.165, 1.54) is 19.3 Å². The highest BCUT2D eigenvalue weighted by Gasteiger charge is 2.37. The summed E-state index contributed by atoms with van der Waals surface area (Å²) in [6.45, 7) is 2.61. The molecule has 0 unspecified atom stereocenters. The second-order valence-corrected chi connectivity index (χ2v) is 7.14. The average molecular weight is 335 g/mol. The maximum atomic E-state index is 12.5. The third-order valence-electron chi connectivity index (χ3n) is 5.08. The van der Waals surface area contributed by atoms with Gasteiger partial charge in [-0.25, -0.2) is 0 Å². The summed E-state index contributed by atoms with van der Waals surface area (Å²) in [6.07, 6.45) is 4.89. The summed E-state index contributed by atoms with van der Waals surface area (Å²) >= 11 is 6.18.